The first-order valence-corrected chi connectivity index (χ1v) is 5.86. The maximum Gasteiger partial charge on any atom is 0.140 e. The highest BCUT2D eigenvalue weighted by Gasteiger charge is 2.23. The first-order valence-electron chi connectivity index (χ1n) is 5.86. The zero-order valence-corrected chi connectivity index (χ0v) is 11.6. The van der Waals surface area contributed by atoms with Crippen molar-refractivity contribution in [3.63, 3.8) is 0 Å². The molecular formula is C14H17BrN2. The van der Waals surface area contributed by atoms with Crippen molar-refractivity contribution in [2.75, 3.05) is 26.8 Å². The van der Waals surface area contributed by atoms with Gasteiger partial charge in [0.1, 0.15) is 12.4 Å². The summed E-state index contributed by atoms with van der Waals surface area (Å²) in [4.78, 5) is 3.97. The average Bonchev–Trinajstić information content (AvgIpc) is 2.75. The van der Waals surface area contributed by atoms with Gasteiger partial charge in [0.25, 0.3) is 0 Å². The molecule has 1 aliphatic rings. The van der Waals surface area contributed by atoms with Gasteiger partial charge in [-0.3, -0.25) is 9.80 Å². The summed E-state index contributed by atoms with van der Waals surface area (Å²) in [6.45, 7) is 3.52. The number of nitrogens with one attached hydrogen (secondary N) is 1. The van der Waals surface area contributed by atoms with Crippen molar-refractivity contribution in [2.45, 2.75) is 0 Å². The number of halogens is 1. The van der Waals surface area contributed by atoms with Crippen LogP contribution in [-0.2, 0) is 0 Å². The smallest absolute Gasteiger partial charge is 0.140 e. The molecule has 1 N–H and O–H groups in total. The number of quaternary nitrogens is 1. The minimum Gasteiger partial charge on any atom is -1.00 e. The third-order valence-corrected chi connectivity index (χ3v) is 3.43. The van der Waals surface area contributed by atoms with Crippen molar-refractivity contribution in [2.24, 2.45) is 0 Å². The van der Waals surface area contributed by atoms with Gasteiger partial charge in [-0.15, -0.1) is 0 Å². The highest BCUT2D eigenvalue weighted by molar-refractivity contribution is 5.90. The first-order chi connectivity index (χ1) is 7.84. The maximum absolute atomic E-state index is 2.39. The van der Waals surface area contributed by atoms with Crippen LogP contribution in [0.15, 0.2) is 42.5 Å². The summed E-state index contributed by atoms with van der Waals surface area (Å²) in [6, 6.07) is 15.3. The molecule has 1 atom stereocenters. The fraction of sp³-hybridized carbons (Fsp3) is 0.286. The van der Waals surface area contributed by atoms with Gasteiger partial charge in [0, 0.05) is 5.39 Å². The highest BCUT2D eigenvalue weighted by Crippen LogP contribution is 2.20. The summed E-state index contributed by atoms with van der Waals surface area (Å²) in [7, 11) is 2.19. The Hall–Kier alpha value is -0.900. The van der Waals surface area contributed by atoms with Gasteiger partial charge in [0.05, 0.1) is 13.1 Å². The molecule has 0 aromatic heterocycles. The second-order valence-corrected chi connectivity index (χ2v) is 4.62. The summed E-state index contributed by atoms with van der Waals surface area (Å²) >= 11 is 0. The molecular weight excluding hydrogens is 276 g/mol. The third-order valence-electron chi connectivity index (χ3n) is 3.43. The minimum absolute atomic E-state index is 0. The highest BCUT2D eigenvalue weighted by atomic mass is 79.9. The van der Waals surface area contributed by atoms with Crippen molar-refractivity contribution >= 4 is 16.5 Å². The molecule has 0 amide bonds. The quantitative estimate of drug-likeness (QED) is 0.656. The van der Waals surface area contributed by atoms with E-state index in [1.54, 1.807) is 4.90 Å². The number of fused-ring (bicyclic) bond motifs is 1. The number of likely N-dealkylation sites (N-methyl/N-ethyl adjacent to an activating group) is 1. The largest absolute Gasteiger partial charge is 1.00 e. The van der Waals surface area contributed by atoms with Gasteiger partial charge in [-0.05, 0) is 24.6 Å². The Morgan fingerprint density at radius 3 is 2.59 bits per heavy atom. The molecule has 1 aliphatic heterocycles. The van der Waals surface area contributed by atoms with Gasteiger partial charge in [-0.1, -0.05) is 30.3 Å². The van der Waals surface area contributed by atoms with Crippen molar-refractivity contribution in [1.82, 2.24) is 4.90 Å². The predicted octanol–water partition coefficient (Wildman–Crippen LogP) is -1.74. The minimum atomic E-state index is 0. The van der Waals surface area contributed by atoms with Crippen LogP contribution >= 0.6 is 0 Å². The molecule has 3 rings (SSSR count). The summed E-state index contributed by atoms with van der Waals surface area (Å²) in [5.41, 5.74) is 1.45. The van der Waals surface area contributed by atoms with Crippen LogP contribution in [0.1, 0.15) is 0 Å². The van der Waals surface area contributed by atoms with Gasteiger partial charge in [0.2, 0.25) is 0 Å². The molecule has 3 heteroatoms. The van der Waals surface area contributed by atoms with Crippen LogP contribution in [0.25, 0.3) is 10.8 Å². The maximum atomic E-state index is 2.39. The van der Waals surface area contributed by atoms with Crippen LogP contribution in [0.3, 0.4) is 0 Å². The Morgan fingerprint density at radius 1 is 1.06 bits per heavy atom. The van der Waals surface area contributed by atoms with Crippen molar-refractivity contribution in [1.29, 1.82) is 0 Å². The van der Waals surface area contributed by atoms with Crippen LogP contribution < -0.4 is 21.9 Å². The topological polar surface area (TPSA) is 7.68 Å². The van der Waals surface area contributed by atoms with E-state index >= 15 is 0 Å². The summed E-state index contributed by atoms with van der Waals surface area (Å²) < 4.78 is 0. The Kier molecular flexibility index (Phi) is 3.82. The zero-order valence-electron chi connectivity index (χ0n) is 9.99. The lowest BCUT2D eigenvalue weighted by Gasteiger charge is -2.14. The Morgan fingerprint density at radius 2 is 1.82 bits per heavy atom. The van der Waals surface area contributed by atoms with Crippen molar-refractivity contribution in [3.8, 4) is 0 Å². The monoisotopic (exact) mass is 292 g/mol. The second kappa shape index (κ2) is 5.17. The molecule has 2 aromatic rings. The van der Waals surface area contributed by atoms with Crippen LogP contribution in [-0.4, -0.2) is 31.7 Å². The van der Waals surface area contributed by atoms with E-state index in [1.807, 2.05) is 0 Å². The van der Waals surface area contributed by atoms with Gasteiger partial charge >= 0.3 is 0 Å². The number of hydrogen-bond acceptors (Lipinski definition) is 1. The van der Waals surface area contributed by atoms with E-state index < -0.39 is 0 Å². The fourth-order valence-electron chi connectivity index (χ4n) is 2.56. The van der Waals surface area contributed by atoms with Gasteiger partial charge < -0.3 is 17.0 Å². The van der Waals surface area contributed by atoms with E-state index in [2.05, 4.69) is 54.4 Å². The Labute approximate surface area is 113 Å². The van der Waals surface area contributed by atoms with Gasteiger partial charge in [-0.25, -0.2) is 0 Å². The lowest BCUT2D eigenvalue weighted by Crippen LogP contribution is -3.05. The lowest BCUT2D eigenvalue weighted by molar-refractivity contribution is -0.822. The molecule has 1 heterocycles. The number of rotatable bonds is 1. The van der Waals surface area contributed by atoms with E-state index in [0.717, 1.165) is 6.67 Å². The van der Waals surface area contributed by atoms with E-state index in [0.29, 0.717) is 0 Å². The molecule has 0 saturated carbocycles. The molecule has 0 radical (unpaired) electrons. The van der Waals surface area contributed by atoms with E-state index in [9.17, 15) is 0 Å². The van der Waals surface area contributed by atoms with E-state index in [1.165, 1.54) is 29.5 Å². The van der Waals surface area contributed by atoms with Crippen LogP contribution in [0, 0.1) is 0 Å². The van der Waals surface area contributed by atoms with Gasteiger partial charge in [0.15, 0.2) is 0 Å². The molecule has 0 aliphatic carbocycles. The van der Waals surface area contributed by atoms with Crippen molar-refractivity contribution in [3.05, 3.63) is 42.5 Å². The van der Waals surface area contributed by atoms with E-state index in [4.69, 9.17) is 0 Å². The third kappa shape index (κ3) is 2.37. The fourth-order valence-corrected chi connectivity index (χ4v) is 2.56. The molecule has 1 unspecified atom stereocenters. The SMILES string of the molecule is CN1CC[NH+](c2cccc3ccccc23)C1.[Br-]. The van der Waals surface area contributed by atoms with E-state index in [-0.39, 0.29) is 17.0 Å². The Balaban J connectivity index is 0.00000108. The molecule has 0 spiro atoms. The first kappa shape index (κ1) is 12.6. The molecule has 2 nitrogen and oxygen atoms in total. The molecule has 17 heavy (non-hydrogen) atoms. The summed E-state index contributed by atoms with van der Waals surface area (Å²) in [5.74, 6) is 0. The average molecular weight is 293 g/mol. The number of hydrogen-bond donors (Lipinski definition) is 1. The van der Waals surface area contributed by atoms with Crippen LogP contribution in [0.4, 0.5) is 5.69 Å². The molecule has 0 bridgehead atoms. The zero-order chi connectivity index (χ0) is 11.0. The molecule has 2 aromatic carbocycles. The summed E-state index contributed by atoms with van der Waals surface area (Å²) in [6.07, 6.45) is 0. The standard InChI is InChI=1S/C14H16N2.BrH/c1-15-9-10-16(11-15)14-8-4-6-12-5-2-3-7-13(12)14;/h2-8H,9-11H2,1H3;1H. The van der Waals surface area contributed by atoms with Crippen LogP contribution in [0.2, 0.25) is 0 Å². The number of benzene rings is 2. The normalized spacial score (nSPS) is 20.4. The number of nitrogens with zero attached hydrogens (tertiary/aromatic N) is 1. The molecule has 1 fully saturated rings. The predicted molar refractivity (Wildman–Crippen MR) is 66.9 cm³/mol. The van der Waals surface area contributed by atoms with Crippen molar-refractivity contribution < 1.29 is 21.9 Å². The Bertz CT molecular complexity index is 507. The lowest BCUT2D eigenvalue weighted by atomic mass is 10.1. The molecule has 1 saturated heterocycles. The molecule has 90 valence electrons. The second-order valence-electron chi connectivity index (χ2n) is 4.62. The van der Waals surface area contributed by atoms with Crippen LogP contribution in [0.5, 0.6) is 0 Å². The summed E-state index contributed by atoms with van der Waals surface area (Å²) in [5, 5.41) is 2.75. The van der Waals surface area contributed by atoms with Gasteiger partial charge in [-0.2, -0.15) is 0 Å².